The van der Waals surface area contributed by atoms with Crippen molar-refractivity contribution in [3.8, 4) is 5.75 Å². The van der Waals surface area contributed by atoms with Gasteiger partial charge in [-0.1, -0.05) is 12.1 Å². The minimum absolute atomic E-state index is 0.144. The molecule has 2 rings (SSSR count). The predicted octanol–water partition coefficient (Wildman–Crippen LogP) is 2.55. The zero-order valence-corrected chi connectivity index (χ0v) is 12.6. The third-order valence-electron chi connectivity index (χ3n) is 2.99. The highest BCUT2D eigenvalue weighted by atomic mass is 32.2. The van der Waals surface area contributed by atoms with E-state index in [0.717, 1.165) is 0 Å². The maximum Gasteiger partial charge on any atom is 0.261 e. The zero-order valence-electron chi connectivity index (χ0n) is 11.8. The quantitative estimate of drug-likeness (QED) is 0.890. The van der Waals surface area contributed by atoms with E-state index >= 15 is 0 Å². The molecule has 0 radical (unpaired) electrons. The molecule has 0 saturated heterocycles. The summed E-state index contributed by atoms with van der Waals surface area (Å²) in [5.41, 5.74) is 1.05. The summed E-state index contributed by atoms with van der Waals surface area (Å²) in [7, 11) is -2.15. The number of nitrogens with one attached hydrogen (secondary N) is 1. The Morgan fingerprint density at radius 3 is 2.38 bits per heavy atom. The molecule has 0 spiro atoms. The van der Waals surface area contributed by atoms with Crippen molar-refractivity contribution in [2.45, 2.75) is 17.9 Å². The van der Waals surface area contributed by atoms with Crippen LogP contribution in [0.1, 0.15) is 18.6 Å². The second kappa shape index (κ2) is 6.15. The van der Waals surface area contributed by atoms with Gasteiger partial charge in [-0.25, -0.2) is 8.42 Å². The molecule has 2 N–H and O–H groups in total. The lowest BCUT2D eigenvalue weighted by Gasteiger charge is -2.11. The summed E-state index contributed by atoms with van der Waals surface area (Å²) in [6.45, 7) is 1.62. The Hall–Kier alpha value is -2.05. The Bertz CT molecular complexity index is 709. The van der Waals surface area contributed by atoms with Crippen LogP contribution in [0.15, 0.2) is 53.4 Å². The van der Waals surface area contributed by atoms with Gasteiger partial charge in [-0.3, -0.25) is 4.72 Å². The largest absolute Gasteiger partial charge is 0.497 e. The van der Waals surface area contributed by atoms with Gasteiger partial charge in [0.05, 0.1) is 18.1 Å². The van der Waals surface area contributed by atoms with E-state index in [4.69, 9.17) is 4.74 Å². The van der Waals surface area contributed by atoms with Gasteiger partial charge < -0.3 is 9.84 Å². The topological polar surface area (TPSA) is 75.6 Å². The first-order valence-corrected chi connectivity index (χ1v) is 7.85. The maximum absolute atomic E-state index is 12.3. The van der Waals surface area contributed by atoms with Gasteiger partial charge in [-0.2, -0.15) is 0 Å². The van der Waals surface area contributed by atoms with Crippen molar-refractivity contribution in [3.05, 3.63) is 54.1 Å². The molecule has 1 unspecified atom stereocenters. The van der Waals surface area contributed by atoms with E-state index in [9.17, 15) is 13.5 Å². The van der Waals surface area contributed by atoms with Crippen molar-refractivity contribution < 1.29 is 18.3 Å². The van der Waals surface area contributed by atoms with Crippen LogP contribution in [0.2, 0.25) is 0 Å². The van der Waals surface area contributed by atoms with Crippen LogP contribution < -0.4 is 9.46 Å². The summed E-state index contributed by atoms with van der Waals surface area (Å²) >= 11 is 0. The Morgan fingerprint density at radius 1 is 1.14 bits per heavy atom. The van der Waals surface area contributed by atoms with E-state index in [0.29, 0.717) is 17.0 Å². The van der Waals surface area contributed by atoms with Gasteiger partial charge in [-0.05, 0) is 48.9 Å². The highest BCUT2D eigenvalue weighted by Crippen LogP contribution is 2.21. The molecule has 2 aromatic rings. The number of hydrogen-bond donors (Lipinski definition) is 2. The van der Waals surface area contributed by atoms with E-state index in [1.165, 1.54) is 19.2 Å². The molecule has 0 fully saturated rings. The summed E-state index contributed by atoms with van der Waals surface area (Å²) in [4.78, 5) is 0.144. The fraction of sp³-hybridized carbons (Fsp3) is 0.200. The predicted molar refractivity (Wildman–Crippen MR) is 80.9 cm³/mol. The molecule has 0 amide bonds. The third-order valence-corrected chi connectivity index (χ3v) is 4.39. The molecule has 5 nitrogen and oxygen atoms in total. The molecular weight excluding hydrogens is 290 g/mol. The molecule has 0 heterocycles. The minimum Gasteiger partial charge on any atom is -0.497 e. The second-order valence-corrected chi connectivity index (χ2v) is 6.26. The fourth-order valence-corrected chi connectivity index (χ4v) is 2.88. The number of sulfonamides is 1. The zero-order chi connectivity index (χ0) is 15.5. The maximum atomic E-state index is 12.3. The van der Waals surface area contributed by atoms with E-state index in [1.54, 1.807) is 43.3 Å². The van der Waals surface area contributed by atoms with E-state index < -0.39 is 16.1 Å². The highest BCUT2D eigenvalue weighted by Gasteiger charge is 2.14. The number of anilines is 1. The number of benzene rings is 2. The number of hydrogen-bond acceptors (Lipinski definition) is 4. The van der Waals surface area contributed by atoms with Crippen molar-refractivity contribution >= 4 is 15.7 Å². The summed E-state index contributed by atoms with van der Waals surface area (Å²) in [5, 5.41) is 9.53. The molecule has 6 heteroatoms. The lowest BCUT2D eigenvalue weighted by atomic mass is 10.1. The van der Waals surface area contributed by atoms with Gasteiger partial charge >= 0.3 is 0 Å². The van der Waals surface area contributed by atoms with Crippen LogP contribution in [0.25, 0.3) is 0 Å². The van der Waals surface area contributed by atoms with Crippen molar-refractivity contribution in [1.29, 1.82) is 0 Å². The van der Waals surface area contributed by atoms with Crippen molar-refractivity contribution in [2.24, 2.45) is 0 Å². The molecule has 0 aliphatic heterocycles. The van der Waals surface area contributed by atoms with E-state index in [2.05, 4.69) is 4.72 Å². The van der Waals surface area contributed by atoms with Crippen LogP contribution in [-0.2, 0) is 10.0 Å². The molecule has 0 aliphatic carbocycles. The van der Waals surface area contributed by atoms with Crippen LogP contribution in [0, 0.1) is 0 Å². The van der Waals surface area contributed by atoms with Crippen LogP contribution in [0.3, 0.4) is 0 Å². The Kier molecular flexibility index (Phi) is 4.50. The molecule has 21 heavy (non-hydrogen) atoms. The lowest BCUT2D eigenvalue weighted by Crippen LogP contribution is -2.13. The summed E-state index contributed by atoms with van der Waals surface area (Å²) in [6.07, 6.45) is -0.657. The van der Waals surface area contributed by atoms with Gasteiger partial charge in [0.15, 0.2) is 0 Å². The Morgan fingerprint density at radius 2 is 1.81 bits per heavy atom. The first-order valence-electron chi connectivity index (χ1n) is 6.37. The van der Waals surface area contributed by atoms with Gasteiger partial charge in [-0.15, -0.1) is 0 Å². The molecule has 0 aromatic heterocycles. The van der Waals surface area contributed by atoms with Crippen molar-refractivity contribution in [3.63, 3.8) is 0 Å². The van der Waals surface area contributed by atoms with Crippen LogP contribution in [0.4, 0.5) is 5.69 Å². The average Bonchev–Trinajstić information content (AvgIpc) is 2.47. The molecule has 2 aromatic carbocycles. The Labute approximate surface area is 124 Å². The van der Waals surface area contributed by atoms with Crippen LogP contribution in [0.5, 0.6) is 5.75 Å². The minimum atomic E-state index is -3.67. The average molecular weight is 307 g/mol. The normalized spacial score (nSPS) is 12.7. The monoisotopic (exact) mass is 307 g/mol. The molecule has 0 bridgehead atoms. The van der Waals surface area contributed by atoms with Gasteiger partial charge in [0.25, 0.3) is 10.0 Å². The fourth-order valence-electron chi connectivity index (χ4n) is 1.83. The van der Waals surface area contributed by atoms with Crippen molar-refractivity contribution in [1.82, 2.24) is 0 Å². The number of ether oxygens (including phenoxy) is 1. The number of methoxy groups -OCH3 is 1. The van der Waals surface area contributed by atoms with E-state index in [-0.39, 0.29) is 4.90 Å². The molecule has 112 valence electrons. The molecular formula is C15H17NO4S. The van der Waals surface area contributed by atoms with Crippen LogP contribution in [-0.4, -0.2) is 20.6 Å². The molecule has 1 atom stereocenters. The summed E-state index contributed by atoms with van der Waals surface area (Å²) < 4.78 is 32.0. The SMILES string of the molecule is COc1ccc(S(=O)(=O)Nc2cccc(C(C)O)c2)cc1. The summed E-state index contributed by atoms with van der Waals surface area (Å²) in [5.74, 6) is 0.588. The standard InChI is InChI=1S/C15H17NO4S/c1-11(17)12-4-3-5-13(10-12)16-21(18,19)15-8-6-14(20-2)7-9-15/h3-11,16-17H,1-2H3. The van der Waals surface area contributed by atoms with Gasteiger partial charge in [0.1, 0.15) is 5.75 Å². The van der Waals surface area contributed by atoms with Crippen LogP contribution >= 0.6 is 0 Å². The second-order valence-electron chi connectivity index (χ2n) is 4.58. The first-order chi connectivity index (χ1) is 9.92. The number of rotatable bonds is 5. The lowest BCUT2D eigenvalue weighted by molar-refractivity contribution is 0.199. The third kappa shape index (κ3) is 3.74. The van der Waals surface area contributed by atoms with Crippen molar-refractivity contribution in [2.75, 3.05) is 11.8 Å². The Balaban J connectivity index is 2.26. The highest BCUT2D eigenvalue weighted by molar-refractivity contribution is 7.92. The van der Waals surface area contributed by atoms with Gasteiger partial charge in [0.2, 0.25) is 0 Å². The summed E-state index contributed by atoms with van der Waals surface area (Å²) in [6, 6.07) is 12.8. The first kappa shape index (κ1) is 15.3. The van der Waals surface area contributed by atoms with Gasteiger partial charge in [0, 0.05) is 5.69 Å². The molecule has 0 aliphatic rings. The van der Waals surface area contributed by atoms with E-state index in [1.807, 2.05) is 0 Å². The molecule has 0 saturated carbocycles. The number of aliphatic hydroxyl groups is 1. The smallest absolute Gasteiger partial charge is 0.261 e. The number of aliphatic hydroxyl groups excluding tert-OH is 1.